The number of hydrazine groups is 1. The molecule has 2 rings (SSSR count). The monoisotopic (exact) mass is 297 g/mol. The van der Waals surface area contributed by atoms with Crippen LogP contribution in [-0.2, 0) is 11.2 Å². The van der Waals surface area contributed by atoms with E-state index in [0.717, 1.165) is 30.0 Å². The molecule has 1 aromatic rings. The molecule has 4 nitrogen and oxygen atoms in total. The minimum Gasteiger partial charge on any atom is -0.377 e. The van der Waals surface area contributed by atoms with Crippen molar-refractivity contribution in [1.29, 1.82) is 0 Å². The first-order valence-electron chi connectivity index (χ1n) is 7.33. The van der Waals surface area contributed by atoms with Gasteiger partial charge >= 0.3 is 0 Å². The number of rotatable bonds is 5. The van der Waals surface area contributed by atoms with Crippen LogP contribution in [0, 0.1) is 12.3 Å². The highest BCUT2D eigenvalue weighted by atomic mass is 32.1. The summed E-state index contributed by atoms with van der Waals surface area (Å²) in [6, 6.07) is 0.116. The largest absolute Gasteiger partial charge is 0.377 e. The Bertz CT molecular complexity index is 434. The number of thiazole rings is 1. The first-order valence-corrected chi connectivity index (χ1v) is 8.21. The zero-order valence-electron chi connectivity index (χ0n) is 13.0. The van der Waals surface area contributed by atoms with Crippen LogP contribution in [-0.4, -0.2) is 23.7 Å². The van der Waals surface area contributed by atoms with Crippen LogP contribution in [0.25, 0.3) is 0 Å². The van der Waals surface area contributed by atoms with E-state index in [1.807, 2.05) is 14.0 Å². The van der Waals surface area contributed by atoms with Gasteiger partial charge in [-0.1, -0.05) is 13.8 Å². The van der Waals surface area contributed by atoms with E-state index in [1.165, 1.54) is 12.8 Å². The molecule has 0 amide bonds. The minimum atomic E-state index is -0.165. The van der Waals surface area contributed by atoms with Crippen molar-refractivity contribution in [2.75, 3.05) is 7.11 Å². The van der Waals surface area contributed by atoms with E-state index in [1.54, 1.807) is 11.3 Å². The topological polar surface area (TPSA) is 60.2 Å². The van der Waals surface area contributed by atoms with Gasteiger partial charge in [-0.3, -0.25) is 11.3 Å². The molecular formula is C15H27N3OS. The quantitative estimate of drug-likeness (QED) is 0.648. The summed E-state index contributed by atoms with van der Waals surface area (Å²) < 4.78 is 5.94. The lowest BCUT2D eigenvalue weighted by Crippen LogP contribution is -2.57. The van der Waals surface area contributed by atoms with Crippen LogP contribution < -0.4 is 11.3 Å². The number of nitrogens with zero attached hydrogens (tertiary/aromatic N) is 1. The number of methoxy groups -OCH3 is 1. The molecule has 1 atom stereocenters. The Hall–Kier alpha value is -0.490. The average molecular weight is 297 g/mol. The van der Waals surface area contributed by atoms with Crippen molar-refractivity contribution in [3.8, 4) is 0 Å². The molecule has 5 heteroatoms. The molecule has 1 unspecified atom stereocenters. The van der Waals surface area contributed by atoms with Crippen LogP contribution in [0.2, 0.25) is 0 Å². The number of aryl methyl sites for hydroxylation is 1. The average Bonchev–Trinajstić information content (AvgIpc) is 2.83. The fourth-order valence-corrected chi connectivity index (χ4v) is 3.78. The van der Waals surface area contributed by atoms with Gasteiger partial charge < -0.3 is 4.74 Å². The van der Waals surface area contributed by atoms with Gasteiger partial charge in [0, 0.05) is 18.9 Å². The second-order valence-corrected chi connectivity index (χ2v) is 7.78. The lowest BCUT2D eigenvalue weighted by molar-refractivity contribution is -0.0863. The lowest BCUT2D eigenvalue weighted by atomic mass is 9.68. The molecule has 3 N–H and O–H groups in total. The molecule has 0 aliphatic heterocycles. The summed E-state index contributed by atoms with van der Waals surface area (Å²) in [7, 11) is 1.81. The molecule has 0 saturated heterocycles. The molecule has 1 fully saturated rings. The molecule has 1 heterocycles. The number of aromatic nitrogens is 1. The molecule has 1 aliphatic carbocycles. The molecule has 20 heavy (non-hydrogen) atoms. The van der Waals surface area contributed by atoms with Crippen LogP contribution >= 0.6 is 11.3 Å². The van der Waals surface area contributed by atoms with Crippen LogP contribution in [0.15, 0.2) is 5.38 Å². The second kappa shape index (κ2) is 6.10. The van der Waals surface area contributed by atoms with Crippen LogP contribution in [0.5, 0.6) is 0 Å². The summed E-state index contributed by atoms with van der Waals surface area (Å²) in [5.74, 6) is 5.83. The van der Waals surface area contributed by atoms with Gasteiger partial charge in [0.05, 0.1) is 22.3 Å². The molecular weight excluding hydrogens is 270 g/mol. The van der Waals surface area contributed by atoms with Crippen molar-refractivity contribution in [2.45, 2.75) is 64.5 Å². The van der Waals surface area contributed by atoms with E-state index >= 15 is 0 Å². The summed E-state index contributed by atoms with van der Waals surface area (Å²) >= 11 is 1.69. The van der Waals surface area contributed by atoms with Crippen molar-refractivity contribution >= 4 is 11.3 Å². The first-order chi connectivity index (χ1) is 9.41. The summed E-state index contributed by atoms with van der Waals surface area (Å²) in [5.41, 5.74) is 4.35. The van der Waals surface area contributed by atoms with Gasteiger partial charge in [0.2, 0.25) is 0 Å². The van der Waals surface area contributed by atoms with E-state index < -0.39 is 0 Å². The Morgan fingerprint density at radius 2 is 2.05 bits per heavy atom. The number of nitrogens with two attached hydrogens (primary N) is 1. The highest BCUT2D eigenvalue weighted by Crippen LogP contribution is 2.43. The lowest BCUT2D eigenvalue weighted by Gasteiger charge is -2.46. The van der Waals surface area contributed by atoms with Gasteiger partial charge in [0.1, 0.15) is 0 Å². The van der Waals surface area contributed by atoms with Crippen molar-refractivity contribution in [1.82, 2.24) is 10.4 Å². The van der Waals surface area contributed by atoms with Gasteiger partial charge in [0.15, 0.2) is 0 Å². The molecule has 0 bridgehead atoms. The van der Waals surface area contributed by atoms with Gasteiger partial charge in [0.25, 0.3) is 0 Å². The van der Waals surface area contributed by atoms with Crippen molar-refractivity contribution in [2.24, 2.45) is 11.3 Å². The first kappa shape index (κ1) is 15.9. The normalized spacial score (nSPS) is 22.6. The summed E-state index contributed by atoms with van der Waals surface area (Å²) in [5, 5.41) is 3.22. The van der Waals surface area contributed by atoms with E-state index in [9.17, 15) is 0 Å². The fourth-order valence-electron chi connectivity index (χ4n) is 3.15. The summed E-state index contributed by atoms with van der Waals surface area (Å²) in [6.45, 7) is 6.71. The summed E-state index contributed by atoms with van der Waals surface area (Å²) in [6.07, 6.45) is 5.28. The SMILES string of the molecule is COC1(C(Cc2csc(C)n2)NN)CCC(C)(C)CC1. The van der Waals surface area contributed by atoms with Crippen molar-refractivity contribution < 1.29 is 4.74 Å². The molecule has 1 saturated carbocycles. The maximum absolute atomic E-state index is 5.94. The van der Waals surface area contributed by atoms with Crippen molar-refractivity contribution in [3.05, 3.63) is 16.1 Å². The molecule has 1 aliphatic rings. The van der Waals surface area contributed by atoms with Gasteiger partial charge in [-0.05, 0) is 38.0 Å². The van der Waals surface area contributed by atoms with E-state index in [4.69, 9.17) is 10.6 Å². The Balaban J connectivity index is 2.11. The highest BCUT2D eigenvalue weighted by Gasteiger charge is 2.44. The third kappa shape index (κ3) is 3.39. The number of hydrogen-bond donors (Lipinski definition) is 2. The zero-order valence-corrected chi connectivity index (χ0v) is 13.8. The third-order valence-electron chi connectivity index (χ3n) is 4.77. The smallest absolute Gasteiger partial charge is 0.0897 e. The van der Waals surface area contributed by atoms with Gasteiger partial charge in [-0.2, -0.15) is 0 Å². The van der Waals surface area contributed by atoms with Crippen molar-refractivity contribution in [3.63, 3.8) is 0 Å². The Labute approximate surface area is 126 Å². The fraction of sp³-hybridized carbons (Fsp3) is 0.800. The molecule has 1 aromatic heterocycles. The van der Waals surface area contributed by atoms with Crippen LogP contribution in [0.1, 0.15) is 50.2 Å². The Morgan fingerprint density at radius 3 is 2.50 bits per heavy atom. The highest BCUT2D eigenvalue weighted by molar-refractivity contribution is 7.09. The zero-order chi connectivity index (χ0) is 14.8. The van der Waals surface area contributed by atoms with Gasteiger partial charge in [-0.15, -0.1) is 11.3 Å². The second-order valence-electron chi connectivity index (χ2n) is 6.71. The number of nitrogens with one attached hydrogen (secondary N) is 1. The molecule has 114 valence electrons. The Kier molecular flexibility index (Phi) is 4.84. The standard InChI is InChI=1S/C15H27N3OS/c1-11-17-12(10-20-11)9-13(18-16)15(19-4)7-5-14(2,3)6-8-15/h10,13,18H,5-9,16H2,1-4H3. The Morgan fingerprint density at radius 1 is 1.40 bits per heavy atom. The number of hydrogen-bond acceptors (Lipinski definition) is 5. The molecule has 0 aromatic carbocycles. The van der Waals surface area contributed by atoms with Crippen LogP contribution in [0.3, 0.4) is 0 Å². The number of ether oxygens (including phenoxy) is 1. The third-order valence-corrected chi connectivity index (χ3v) is 5.59. The van der Waals surface area contributed by atoms with E-state index in [0.29, 0.717) is 5.41 Å². The van der Waals surface area contributed by atoms with E-state index in [-0.39, 0.29) is 11.6 Å². The maximum Gasteiger partial charge on any atom is 0.0897 e. The predicted octanol–water partition coefficient (Wildman–Crippen LogP) is 2.81. The van der Waals surface area contributed by atoms with Gasteiger partial charge in [-0.25, -0.2) is 4.98 Å². The maximum atomic E-state index is 5.94. The predicted molar refractivity (Wildman–Crippen MR) is 83.7 cm³/mol. The molecule has 0 spiro atoms. The summed E-state index contributed by atoms with van der Waals surface area (Å²) in [4.78, 5) is 4.55. The van der Waals surface area contributed by atoms with Crippen LogP contribution in [0.4, 0.5) is 0 Å². The van der Waals surface area contributed by atoms with E-state index in [2.05, 4.69) is 29.6 Å². The molecule has 0 radical (unpaired) electrons. The minimum absolute atomic E-state index is 0.116.